The van der Waals surface area contributed by atoms with Crippen molar-refractivity contribution in [2.24, 2.45) is 0 Å². The van der Waals surface area contributed by atoms with Gasteiger partial charge in [0.25, 0.3) is 11.1 Å². The third-order valence-electron chi connectivity index (χ3n) is 4.76. The van der Waals surface area contributed by atoms with Gasteiger partial charge < -0.3 is 14.5 Å². The highest BCUT2D eigenvalue weighted by atomic mass is 32.2. The highest BCUT2D eigenvalue weighted by molar-refractivity contribution is 8.14. The SMILES string of the molecule is Cc1cc2occ(CC(=O)O[C@@H](C)C(=O)NCCN3C(=O)CSC3=O)c2cc1C. The van der Waals surface area contributed by atoms with Gasteiger partial charge in [-0.3, -0.25) is 24.1 Å². The second-order valence-electron chi connectivity index (χ2n) is 6.89. The van der Waals surface area contributed by atoms with Crippen molar-refractivity contribution in [3.63, 3.8) is 0 Å². The summed E-state index contributed by atoms with van der Waals surface area (Å²) in [5.41, 5.74) is 3.59. The van der Waals surface area contributed by atoms with E-state index in [0.29, 0.717) is 11.1 Å². The topological polar surface area (TPSA) is 106 Å². The first-order chi connectivity index (χ1) is 13.8. The van der Waals surface area contributed by atoms with Crippen LogP contribution in [0.3, 0.4) is 0 Å². The van der Waals surface area contributed by atoms with Gasteiger partial charge >= 0.3 is 5.97 Å². The summed E-state index contributed by atoms with van der Waals surface area (Å²) in [6.45, 7) is 5.63. The molecule has 0 aliphatic carbocycles. The lowest BCUT2D eigenvalue weighted by Crippen LogP contribution is -2.41. The summed E-state index contributed by atoms with van der Waals surface area (Å²) in [6, 6.07) is 3.88. The van der Waals surface area contributed by atoms with E-state index in [1.54, 1.807) is 0 Å². The van der Waals surface area contributed by atoms with E-state index in [-0.39, 0.29) is 36.4 Å². The lowest BCUT2D eigenvalue weighted by atomic mass is 10.0. The van der Waals surface area contributed by atoms with Crippen molar-refractivity contribution in [3.05, 3.63) is 35.1 Å². The van der Waals surface area contributed by atoms with Crippen LogP contribution in [0, 0.1) is 13.8 Å². The fraction of sp³-hybridized carbons (Fsp3) is 0.400. The number of carbonyl (C=O) groups is 4. The number of carbonyl (C=O) groups excluding carboxylic acids is 4. The molecule has 1 N–H and O–H groups in total. The molecule has 8 nitrogen and oxygen atoms in total. The van der Waals surface area contributed by atoms with E-state index in [1.807, 2.05) is 26.0 Å². The van der Waals surface area contributed by atoms with Crippen LogP contribution in [0.15, 0.2) is 22.8 Å². The molecule has 1 atom stereocenters. The number of hydrogen-bond donors (Lipinski definition) is 1. The van der Waals surface area contributed by atoms with Crippen LogP contribution in [0.1, 0.15) is 23.6 Å². The van der Waals surface area contributed by atoms with Gasteiger partial charge in [-0.25, -0.2) is 0 Å². The Kier molecular flexibility index (Phi) is 6.26. The Labute approximate surface area is 171 Å². The van der Waals surface area contributed by atoms with Gasteiger partial charge in [0.05, 0.1) is 18.4 Å². The first kappa shape index (κ1) is 20.9. The molecule has 1 aromatic heterocycles. The number of nitrogens with zero attached hydrogens (tertiary/aromatic N) is 1. The number of hydrogen-bond acceptors (Lipinski definition) is 7. The van der Waals surface area contributed by atoms with E-state index < -0.39 is 18.0 Å². The molecule has 1 saturated heterocycles. The Morgan fingerprint density at radius 1 is 1.28 bits per heavy atom. The summed E-state index contributed by atoms with van der Waals surface area (Å²) < 4.78 is 10.7. The lowest BCUT2D eigenvalue weighted by Gasteiger charge is -2.16. The maximum atomic E-state index is 12.2. The Morgan fingerprint density at radius 3 is 2.69 bits per heavy atom. The second-order valence-corrected chi connectivity index (χ2v) is 7.82. The van der Waals surface area contributed by atoms with Crippen molar-refractivity contribution in [1.82, 2.24) is 10.2 Å². The first-order valence-electron chi connectivity index (χ1n) is 9.18. The van der Waals surface area contributed by atoms with Crippen LogP contribution in [0.5, 0.6) is 0 Å². The monoisotopic (exact) mass is 418 g/mol. The van der Waals surface area contributed by atoms with Gasteiger partial charge in [-0.2, -0.15) is 0 Å². The number of esters is 1. The van der Waals surface area contributed by atoms with E-state index in [9.17, 15) is 19.2 Å². The lowest BCUT2D eigenvalue weighted by molar-refractivity contribution is -0.154. The molecule has 0 bridgehead atoms. The van der Waals surface area contributed by atoms with Crippen molar-refractivity contribution in [3.8, 4) is 0 Å². The maximum Gasteiger partial charge on any atom is 0.311 e. The van der Waals surface area contributed by atoms with Crippen LogP contribution in [0.2, 0.25) is 0 Å². The average molecular weight is 418 g/mol. The van der Waals surface area contributed by atoms with Crippen molar-refractivity contribution in [2.45, 2.75) is 33.3 Å². The highest BCUT2D eigenvalue weighted by Crippen LogP contribution is 2.25. The Bertz CT molecular complexity index is 967. The van der Waals surface area contributed by atoms with Crippen LogP contribution in [0.4, 0.5) is 4.79 Å². The van der Waals surface area contributed by atoms with Crippen LogP contribution in [-0.4, -0.2) is 52.9 Å². The molecule has 1 aromatic carbocycles. The Balaban J connectivity index is 1.50. The third-order valence-corrected chi connectivity index (χ3v) is 5.62. The zero-order valence-electron chi connectivity index (χ0n) is 16.4. The zero-order chi connectivity index (χ0) is 21.1. The van der Waals surface area contributed by atoms with Gasteiger partial charge in [-0.15, -0.1) is 0 Å². The van der Waals surface area contributed by atoms with Crippen molar-refractivity contribution in [1.29, 1.82) is 0 Å². The molecule has 29 heavy (non-hydrogen) atoms. The zero-order valence-corrected chi connectivity index (χ0v) is 17.3. The number of nitrogens with one attached hydrogen (secondary N) is 1. The van der Waals surface area contributed by atoms with E-state index >= 15 is 0 Å². The minimum Gasteiger partial charge on any atom is -0.464 e. The number of rotatable bonds is 7. The fourth-order valence-corrected chi connectivity index (χ4v) is 3.70. The minimum absolute atomic E-state index is 0.0128. The average Bonchev–Trinajstić information content (AvgIpc) is 3.19. The van der Waals surface area contributed by atoms with Gasteiger partial charge in [-0.1, -0.05) is 11.8 Å². The van der Waals surface area contributed by atoms with E-state index in [4.69, 9.17) is 9.15 Å². The normalized spacial score (nSPS) is 15.1. The second kappa shape index (κ2) is 8.69. The molecule has 1 aliphatic rings. The van der Waals surface area contributed by atoms with Crippen molar-refractivity contribution < 1.29 is 28.3 Å². The van der Waals surface area contributed by atoms with Crippen molar-refractivity contribution in [2.75, 3.05) is 18.8 Å². The molecule has 1 fully saturated rings. The summed E-state index contributed by atoms with van der Waals surface area (Å²) >= 11 is 0.939. The molecule has 0 saturated carbocycles. The summed E-state index contributed by atoms with van der Waals surface area (Å²) in [7, 11) is 0. The Morgan fingerprint density at radius 2 is 2.00 bits per heavy atom. The molecular formula is C20H22N2O6S. The molecule has 1 aliphatic heterocycles. The van der Waals surface area contributed by atoms with Crippen LogP contribution >= 0.6 is 11.8 Å². The fourth-order valence-electron chi connectivity index (χ4n) is 2.95. The number of imide groups is 1. The molecule has 0 unspecified atom stereocenters. The number of furan rings is 1. The number of fused-ring (bicyclic) bond motifs is 1. The molecule has 3 rings (SSSR count). The molecule has 2 heterocycles. The predicted molar refractivity (Wildman–Crippen MR) is 108 cm³/mol. The number of thioether (sulfide) groups is 1. The van der Waals surface area contributed by atoms with Gasteiger partial charge in [-0.05, 0) is 44.0 Å². The first-order valence-corrected chi connectivity index (χ1v) is 10.2. The van der Waals surface area contributed by atoms with Gasteiger partial charge in [0.2, 0.25) is 5.91 Å². The predicted octanol–water partition coefficient (Wildman–Crippen LogP) is 2.34. The maximum absolute atomic E-state index is 12.2. The molecule has 2 aromatic rings. The number of aryl methyl sites for hydroxylation is 2. The van der Waals surface area contributed by atoms with Gasteiger partial charge in [0, 0.05) is 24.0 Å². The molecule has 0 spiro atoms. The summed E-state index contributed by atoms with van der Waals surface area (Å²) in [6.07, 6.45) is 0.516. The van der Waals surface area contributed by atoms with E-state index in [0.717, 1.165) is 33.2 Å². The Hall–Kier alpha value is -2.81. The molecule has 0 radical (unpaired) electrons. The molecule has 3 amide bonds. The van der Waals surface area contributed by atoms with Crippen LogP contribution in [-0.2, 0) is 25.5 Å². The standard InChI is InChI=1S/C20H22N2O6S/c1-11-6-15-14(9-27-16(15)7-12(11)2)8-18(24)28-13(3)19(25)21-4-5-22-17(23)10-29-20(22)26/h6-7,9,13H,4-5,8,10H2,1-3H3,(H,21,25)/t13-/m0/s1. The molecule has 9 heteroatoms. The van der Waals surface area contributed by atoms with E-state index in [1.165, 1.54) is 13.2 Å². The van der Waals surface area contributed by atoms with Crippen LogP contribution < -0.4 is 5.32 Å². The van der Waals surface area contributed by atoms with Crippen LogP contribution in [0.25, 0.3) is 11.0 Å². The minimum atomic E-state index is -0.996. The highest BCUT2D eigenvalue weighted by Gasteiger charge is 2.29. The summed E-state index contributed by atoms with van der Waals surface area (Å²) in [5.74, 6) is -1.18. The van der Waals surface area contributed by atoms with Gasteiger partial charge in [0.15, 0.2) is 6.10 Å². The quantitative estimate of drug-likeness (QED) is 0.688. The summed E-state index contributed by atoms with van der Waals surface area (Å²) in [4.78, 5) is 48.5. The van der Waals surface area contributed by atoms with Crippen molar-refractivity contribution >= 4 is 45.8 Å². The number of benzene rings is 1. The molecule has 154 valence electrons. The smallest absolute Gasteiger partial charge is 0.311 e. The third kappa shape index (κ3) is 4.79. The molecular weight excluding hydrogens is 396 g/mol. The number of ether oxygens (including phenoxy) is 1. The van der Waals surface area contributed by atoms with E-state index in [2.05, 4.69) is 5.32 Å². The largest absolute Gasteiger partial charge is 0.464 e. The summed E-state index contributed by atoms with van der Waals surface area (Å²) in [5, 5.41) is 3.10. The number of amides is 3. The van der Waals surface area contributed by atoms with Gasteiger partial charge in [0.1, 0.15) is 5.58 Å².